The molecule has 1 amide bonds. The Balaban J connectivity index is 1.45. The lowest BCUT2D eigenvalue weighted by molar-refractivity contribution is 0.102. The first-order valence-corrected chi connectivity index (χ1v) is 10.4. The fourth-order valence-corrected chi connectivity index (χ4v) is 5.03. The number of carbonyl (C=O) groups excluding carboxylic acids is 1. The van der Waals surface area contributed by atoms with Crippen LogP contribution in [0.3, 0.4) is 0 Å². The van der Waals surface area contributed by atoms with E-state index in [-0.39, 0.29) is 5.91 Å². The lowest BCUT2D eigenvalue weighted by Gasteiger charge is -2.25. The Bertz CT molecular complexity index is 950. The zero-order valence-electron chi connectivity index (χ0n) is 15.3. The van der Waals surface area contributed by atoms with E-state index in [1.807, 2.05) is 13.0 Å². The normalized spacial score (nSPS) is 14.0. The third kappa shape index (κ3) is 3.87. The van der Waals surface area contributed by atoms with Gasteiger partial charge in [0.05, 0.1) is 17.0 Å². The van der Waals surface area contributed by atoms with Gasteiger partial charge in [0, 0.05) is 38.0 Å². The van der Waals surface area contributed by atoms with Crippen LogP contribution in [0.2, 0.25) is 0 Å². The highest BCUT2D eigenvalue weighted by Crippen LogP contribution is 2.30. The summed E-state index contributed by atoms with van der Waals surface area (Å²) in [6.45, 7) is 4.64. The minimum Gasteiger partial charge on any atom is -0.378 e. The third-order valence-corrected chi connectivity index (χ3v) is 6.55. The average Bonchev–Trinajstić information content (AvgIpc) is 3.24. The van der Waals surface area contributed by atoms with Crippen LogP contribution in [0.4, 0.5) is 10.1 Å². The van der Waals surface area contributed by atoms with Crippen molar-refractivity contribution in [2.24, 2.45) is 0 Å². The lowest BCUT2D eigenvalue weighted by atomic mass is 10.1. The number of aryl methyl sites for hydroxylation is 1. The van der Waals surface area contributed by atoms with Gasteiger partial charge >= 0.3 is 0 Å². The van der Waals surface area contributed by atoms with Crippen LogP contribution in [0.25, 0.3) is 0 Å². The summed E-state index contributed by atoms with van der Waals surface area (Å²) in [5.74, 6) is -0.155. The van der Waals surface area contributed by atoms with Crippen molar-refractivity contribution in [3.8, 4) is 0 Å². The van der Waals surface area contributed by atoms with Gasteiger partial charge < -0.3 is 5.32 Å². The van der Waals surface area contributed by atoms with Gasteiger partial charge in [-0.05, 0) is 24.0 Å². The van der Waals surface area contributed by atoms with Gasteiger partial charge in [-0.1, -0.05) is 30.3 Å². The molecular weight excluding hydrogens is 378 g/mol. The van der Waals surface area contributed by atoms with E-state index < -0.39 is 0 Å². The number of aromatic nitrogens is 2. The summed E-state index contributed by atoms with van der Waals surface area (Å²) < 4.78 is 4.26. The molecule has 1 aliphatic heterocycles. The molecule has 0 spiro atoms. The number of benzene rings is 1. The van der Waals surface area contributed by atoms with Gasteiger partial charge in [-0.15, -0.1) is 11.3 Å². The maximum Gasteiger partial charge on any atom is 0.262 e. The van der Waals surface area contributed by atoms with E-state index in [1.165, 1.54) is 22.0 Å². The third-order valence-electron chi connectivity index (χ3n) is 4.60. The minimum atomic E-state index is -0.155. The largest absolute Gasteiger partial charge is 0.378 e. The van der Waals surface area contributed by atoms with Gasteiger partial charge in [0.15, 0.2) is 5.13 Å². The van der Waals surface area contributed by atoms with Gasteiger partial charge in [-0.2, -0.15) is 4.37 Å². The van der Waals surface area contributed by atoms with Crippen molar-refractivity contribution < 1.29 is 4.79 Å². The van der Waals surface area contributed by atoms with E-state index in [0.29, 0.717) is 10.7 Å². The fraction of sp³-hybridized carbons (Fsp3) is 0.316. The van der Waals surface area contributed by atoms with Crippen LogP contribution in [0.5, 0.6) is 0 Å². The zero-order chi connectivity index (χ0) is 18.8. The second kappa shape index (κ2) is 7.75. The molecule has 140 valence electrons. The number of thiazole rings is 1. The van der Waals surface area contributed by atoms with Crippen LogP contribution in [0, 0.1) is 6.92 Å². The Hall–Kier alpha value is -2.29. The van der Waals surface area contributed by atoms with E-state index in [2.05, 4.69) is 49.2 Å². The molecule has 6 nitrogen and oxygen atoms in total. The van der Waals surface area contributed by atoms with Gasteiger partial charge in [0.1, 0.15) is 5.00 Å². The summed E-state index contributed by atoms with van der Waals surface area (Å²) in [6, 6.07) is 10.5. The van der Waals surface area contributed by atoms with Crippen LogP contribution >= 0.6 is 22.9 Å². The highest BCUT2D eigenvalue weighted by molar-refractivity contribution is 7.16. The van der Waals surface area contributed by atoms with Crippen LogP contribution < -0.4 is 10.6 Å². The Labute approximate surface area is 166 Å². The standard InChI is InChI=1S/C19H21N5OS2/c1-12-16(18(20-2)27-23-12)17(25)22-19-21-14-8-9-24(11-15(14)26-19)10-13-6-4-3-5-7-13/h3-7,20H,8-11H2,1-2H3,(H,21,22,25). The van der Waals surface area contributed by atoms with Gasteiger partial charge in [-0.25, -0.2) is 4.98 Å². The molecule has 3 heterocycles. The first-order valence-electron chi connectivity index (χ1n) is 8.84. The number of rotatable bonds is 5. The summed E-state index contributed by atoms with van der Waals surface area (Å²) in [6.07, 6.45) is 0.912. The number of amides is 1. The Morgan fingerprint density at radius 1 is 1.30 bits per heavy atom. The molecule has 0 saturated carbocycles. The Kier molecular flexibility index (Phi) is 5.20. The predicted molar refractivity (Wildman–Crippen MR) is 111 cm³/mol. The van der Waals surface area contributed by atoms with Crippen molar-refractivity contribution in [3.05, 3.63) is 57.7 Å². The molecule has 1 aliphatic rings. The predicted octanol–water partition coefficient (Wildman–Crippen LogP) is 3.76. The van der Waals surface area contributed by atoms with E-state index in [9.17, 15) is 4.79 Å². The number of anilines is 2. The molecule has 0 aliphatic carbocycles. The highest BCUT2D eigenvalue weighted by atomic mass is 32.1. The van der Waals surface area contributed by atoms with Crippen LogP contribution in [-0.4, -0.2) is 33.8 Å². The molecule has 0 fully saturated rings. The van der Waals surface area contributed by atoms with E-state index >= 15 is 0 Å². The fourth-order valence-electron chi connectivity index (χ4n) is 3.25. The van der Waals surface area contributed by atoms with Crippen molar-refractivity contribution in [2.45, 2.75) is 26.4 Å². The van der Waals surface area contributed by atoms with Gasteiger partial charge in [0.2, 0.25) is 0 Å². The summed E-state index contributed by atoms with van der Waals surface area (Å²) >= 11 is 2.87. The quantitative estimate of drug-likeness (QED) is 0.684. The topological polar surface area (TPSA) is 70.1 Å². The molecule has 0 saturated heterocycles. The lowest BCUT2D eigenvalue weighted by Crippen LogP contribution is -2.29. The highest BCUT2D eigenvalue weighted by Gasteiger charge is 2.23. The van der Waals surface area contributed by atoms with Crippen molar-refractivity contribution in [3.63, 3.8) is 0 Å². The number of nitrogens with zero attached hydrogens (tertiary/aromatic N) is 3. The second-order valence-electron chi connectivity index (χ2n) is 6.51. The molecule has 2 N–H and O–H groups in total. The van der Waals surface area contributed by atoms with E-state index in [1.54, 1.807) is 18.4 Å². The molecule has 8 heteroatoms. The van der Waals surface area contributed by atoms with Crippen molar-refractivity contribution in [1.29, 1.82) is 0 Å². The smallest absolute Gasteiger partial charge is 0.262 e. The molecular formula is C19H21N5OS2. The van der Waals surface area contributed by atoms with Crippen LogP contribution in [-0.2, 0) is 19.5 Å². The number of fused-ring (bicyclic) bond motifs is 1. The van der Waals surface area contributed by atoms with E-state index in [0.717, 1.165) is 42.4 Å². The van der Waals surface area contributed by atoms with Crippen molar-refractivity contribution in [2.75, 3.05) is 24.2 Å². The number of hydrogen-bond acceptors (Lipinski definition) is 7. The first-order chi connectivity index (χ1) is 13.1. The van der Waals surface area contributed by atoms with Crippen molar-refractivity contribution in [1.82, 2.24) is 14.3 Å². The molecule has 0 atom stereocenters. The number of carbonyl (C=O) groups is 1. The molecule has 2 aromatic heterocycles. The Morgan fingerprint density at radius 2 is 2.11 bits per heavy atom. The summed E-state index contributed by atoms with van der Waals surface area (Å²) in [5, 5.41) is 7.43. The number of nitrogens with one attached hydrogen (secondary N) is 2. The first kappa shape index (κ1) is 18.1. The molecule has 27 heavy (non-hydrogen) atoms. The zero-order valence-corrected chi connectivity index (χ0v) is 16.9. The maximum absolute atomic E-state index is 12.7. The average molecular weight is 400 g/mol. The summed E-state index contributed by atoms with van der Waals surface area (Å²) in [4.78, 5) is 21.0. The maximum atomic E-state index is 12.7. The summed E-state index contributed by atoms with van der Waals surface area (Å²) in [5.41, 5.74) is 3.76. The summed E-state index contributed by atoms with van der Waals surface area (Å²) in [7, 11) is 1.80. The van der Waals surface area contributed by atoms with Crippen LogP contribution in [0.1, 0.15) is 32.2 Å². The monoisotopic (exact) mass is 399 g/mol. The van der Waals surface area contributed by atoms with Crippen LogP contribution in [0.15, 0.2) is 30.3 Å². The molecule has 0 bridgehead atoms. The van der Waals surface area contributed by atoms with Gasteiger partial charge in [0.25, 0.3) is 5.91 Å². The molecule has 1 aromatic carbocycles. The molecule has 4 rings (SSSR count). The Morgan fingerprint density at radius 3 is 2.89 bits per heavy atom. The molecule has 3 aromatic rings. The number of hydrogen-bond donors (Lipinski definition) is 2. The van der Waals surface area contributed by atoms with Crippen molar-refractivity contribution >= 4 is 38.9 Å². The second-order valence-corrected chi connectivity index (χ2v) is 8.37. The minimum absolute atomic E-state index is 0.155. The van der Waals surface area contributed by atoms with E-state index in [4.69, 9.17) is 0 Å². The molecule has 0 unspecified atom stereocenters. The van der Waals surface area contributed by atoms with Gasteiger partial charge in [-0.3, -0.25) is 15.0 Å². The SMILES string of the molecule is CNc1snc(C)c1C(=O)Nc1nc2c(s1)CN(Cc1ccccc1)CC2. The molecule has 0 radical (unpaired) electrons.